The Hall–Kier alpha value is -3.42. The summed E-state index contributed by atoms with van der Waals surface area (Å²) < 4.78 is 34.2. The summed E-state index contributed by atoms with van der Waals surface area (Å²) in [6, 6.07) is 10.9. The zero-order valence-corrected chi connectivity index (χ0v) is 15.2. The Labute approximate surface area is 161 Å². The minimum atomic E-state index is -0.636. The topological polar surface area (TPSA) is 68.2 Å². The summed E-state index contributed by atoms with van der Waals surface area (Å²) in [5.74, 6) is -0.191. The van der Waals surface area contributed by atoms with E-state index in [4.69, 9.17) is 4.74 Å². The van der Waals surface area contributed by atoms with Crippen LogP contribution in [-0.2, 0) is 7.05 Å². The molecule has 3 rings (SSSR count). The first-order valence-electron chi connectivity index (χ1n) is 8.69. The van der Waals surface area contributed by atoms with E-state index in [1.54, 1.807) is 48.3 Å². The molecule has 0 bridgehead atoms. The number of imidazole rings is 1. The van der Waals surface area contributed by atoms with Crippen molar-refractivity contribution in [3.63, 3.8) is 0 Å². The van der Waals surface area contributed by atoms with Crippen molar-refractivity contribution in [1.29, 1.82) is 0 Å². The van der Waals surface area contributed by atoms with Gasteiger partial charge in [-0.05, 0) is 29.8 Å². The number of carbonyl (C=O) groups is 1. The molecule has 1 atom stereocenters. The minimum Gasteiger partial charge on any atom is -0.489 e. The van der Waals surface area contributed by atoms with Crippen molar-refractivity contribution >= 4 is 6.03 Å². The predicted octanol–water partition coefficient (Wildman–Crippen LogP) is 3.17. The lowest BCUT2D eigenvalue weighted by Crippen LogP contribution is -2.40. The normalized spacial score (nSPS) is 11.7. The van der Waals surface area contributed by atoms with Gasteiger partial charge in [0.05, 0.1) is 6.54 Å². The van der Waals surface area contributed by atoms with Gasteiger partial charge in [-0.1, -0.05) is 24.3 Å². The lowest BCUT2D eigenvalue weighted by atomic mass is 10.1. The minimum absolute atomic E-state index is 0.0986. The van der Waals surface area contributed by atoms with Gasteiger partial charge in [0.25, 0.3) is 0 Å². The number of urea groups is 1. The number of aromatic nitrogens is 2. The summed E-state index contributed by atoms with van der Waals surface area (Å²) >= 11 is 0. The zero-order valence-electron chi connectivity index (χ0n) is 15.2. The molecule has 0 spiro atoms. The van der Waals surface area contributed by atoms with Gasteiger partial charge in [-0.3, -0.25) is 0 Å². The highest BCUT2D eigenvalue weighted by Crippen LogP contribution is 2.21. The summed E-state index contributed by atoms with van der Waals surface area (Å²) in [7, 11) is 1.79. The second-order valence-electron chi connectivity index (χ2n) is 6.06. The largest absolute Gasteiger partial charge is 0.489 e. The van der Waals surface area contributed by atoms with Gasteiger partial charge in [-0.15, -0.1) is 0 Å². The third kappa shape index (κ3) is 4.85. The Bertz CT molecular complexity index is 945. The van der Waals surface area contributed by atoms with Gasteiger partial charge in [0.15, 0.2) is 11.6 Å². The fourth-order valence-corrected chi connectivity index (χ4v) is 2.71. The van der Waals surface area contributed by atoms with Gasteiger partial charge in [0.2, 0.25) is 0 Å². The number of carbonyl (C=O) groups excluding carboxylic acids is 1. The van der Waals surface area contributed by atoms with Gasteiger partial charge >= 0.3 is 6.03 Å². The number of ether oxygens (including phenoxy) is 1. The lowest BCUT2D eigenvalue weighted by molar-refractivity contribution is 0.233. The number of benzene rings is 2. The molecule has 2 aromatic carbocycles. The molecule has 1 aromatic heterocycles. The van der Waals surface area contributed by atoms with E-state index in [1.165, 1.54) is 24.3 Å². The molecule has 3 aromatic rings. The van der Waals surface area contributed by atoms with Crippen LogP contribution < -0.4 is 15.4 Å². The van der Waals surface area contributed by atoms with E-state index >= 15 is 0 Å². The summed E-state index contributed by atoms with van der Waals surface area (Å²) in [6.45, 7) is 0.262. The maximum absolute atomic E-state index is 13.6. The standard InChI is InChI=1S/C20H20F2N4O2/c1-26-11-9-23-19(26)18(14-5-4-6-15(21)13-14)25-20(27)24-10-12-28-17-8-3-2-7-16(17)22/h2-9,11,13,18H,10,12H2,1H3,(H2,24,25,27)/t18-/m0/s1. The van der Waals surface area contributed by atoms with E-state index in [2.05, 4.69) is 15.6 Å². The number of aryl methyl sites for hydroxylation is 1. The average molecular weight is 386 g/mol. The van der Waals surface area contributed by atoms with E-state index in [1.807, 2.05) is 0 Å². The molecule has 2 amide bonds. The maximum atomic E-state index is 13.6. The monoisotopic (exact) mass is 386 g/mol. The van der Waals surface area contributed by atoms with E-state index in [0.29, 0.717) is 11.4 Å². The average Bonchev–Trinajstić information content (AvgIpc) is 3.10. The molecule has 28 heavy (non-hydrogen) atoms. The second-order valence-corrected chi connectivity index (χ2v) is 6.06. The number of hydrogen-bond acceptors (Lipinski definition) is 3. The molecule has 146 valence electrons. The first kappa shape index (κ1) is 19.3. The first-order chi connectivity index (χ1) is 13.5. The number of halogens is 2. The zero-order chi connectivity index (χ0) is 19.9. The Morgan fingerprint density at radius 1 is 1.21 bits per heavy atom. The van der Waals surface area contributed by atoms with Crippen LogP contribution in [-0.4, -0.2) is 28.7 Å². The molecule has 0 saturated heterocycles. The summed E-state index contributed by atoms with van der Waals surface area (Å²) in [5.41, 5.74) is 0.562. The van der Waals surface area contributed by atoms with E-state index in [9.17, 15) is 13.6 Å². The fraction of sp³-hybridized carbons (Fsp3) is 0.200. The molecule has 6 nitrogen and oxygen atoms in total. The number of hydrogen-bond donors (Lipinski definition) is 2. The third-order valence-corrected chi connectivity index (χ3v) is 4.06. The molecule has 0 aliphatic carbocycles. The van der Waals surface area contributed by atoms with Crippen molar-refractivity contribution in [2.45, 2.75) is 6.04 Å². The van der Waals surface area contributed by atoms with Gasteiger partial charge in [0, 0.05) is 19.4 Å². The fourth-order valence-electron chi connectivity index (χ4n) is 2.71. The van der Waals surface area contributed by atoms with Gasteiger partial charge in [-0.25, -0.2) is 18.6 Å². The third-order valence-electron chi connectivity index (χ3n) is 4.06. The highest BCUT2D eigenvalue weighted by Gasteiger charge is 2.21. The van der Waals surface area contributed by atoms with Crippen molar-refractivity contribution in [3.8, 4) is 5.75 Å². The van der Waals surface area contributed by atoms with Crippen molar-refractivity contribution in [2.24, 2.45) is 7.05 Å². The molecular weight excluding hydrogens is 366 g/mol. The quantitative estimate of drug-likeness (QED) is 0.613. The lowest BCUT2D eigenvalue weighted by Gasteiger charge is -2.19. The molecule has 0 radical (unpaired) electrons. The molecule has 0 fully saturated rings. The second kappa shape index (κ2) is 8.98. The summed E-state index contributed by atoms with van der Waals surface area (Å²) in [4.78, 5) is 16.6. The van der Waals surface area contributed by atoms with Crippen LogP contribution in [0.2, 0.25) is 0 Å². The molecule has 0 unspecified atom stereocenters. The molecular formula is C20H20F2N4O2. The molecule has 0 aliphatic heterocycles. The number of amides is 2. The van der Waals surface area contributed by atoms with E-state index in [0.717, 1.165) is 0 Å². The van der Waals surface area contributed by atoms with Crippen molar-refractivity contribution < 1.29 is 18.3 Å². The summed E-state index contributed by atoms with van der Waals surface area (Å²) in [5, 5.41) is 5.42. The number of para-hydroxylation sites is 1. The van der Waals surface area contributed by atoms with E-state index in [-0.39, 0.29) is 18.9 Å². The SMILES string of the molecule is Cn1ccnc1[C@@H](NC(=O)NCCOc1ccccc1F)c1cccc(F)c1. The predicted molar refractivity (Wildman–Crippen MR) is 99.9 cm³/mol. The van der Waals surface area contributed by atoms with Gasteiger partial charge in [-0.2, -0.15) is 0 Å². The molecule has 8 heteroatoms. The molecule has 1 heterocycles. The van der Waals surface area contributed by atoms with Crippen LogP contribution in [0.15, 0.2) is 60.9 Å². The van der Waals surface area contributed by atoms with Crippen LogP contribution in [0.3, 0.4) is 0 Å². The molecule has 2 N–H and O–H groups in total. The van der Waals surface area contributed by atoms with Gasteiger partial charge in [0.1, 0.15) is 24.3 Å². The van der Waals surface area contributed by atoms with Crippen molar-refractivity contribution in [3.05, 3.63) is 83.9 Å². The molecule has 0 aliphatic rings. The molecule has 0 saturated carbocycles. The number of nitrogens with one attached hydrogen (secondary N) is 2. The summed E-state index contributed by atoms with van der Waals surface area (Å²) in [6.07, 6.45) is 3.34. The van der Waals surface area contributed by atoms with Crippen LogP contribution in [0.5, 0.6) is 5.75 Å². The van der Waals surface area contributed by atoms with Gasteiger partial charge < -0.3 is 19.9 Å². The van der Waals surface area contributed by atoms with E-state index < -0.39 is 23.7 Å². The van der Waals surface area contributed by atoms with Crippen molar-refractivity contribution in [1.82, 2.24) is 20.2 Å². The first-order valence-corrected chi connectivity index (χ1v) is 8.69. The number of nitrogens with zero attached hydrogens (tertiary/aromatic N) is 2. The van der Waals surface area contributed by atoms with Crippen LogP contribution in [0.25, 0.3) is 0 Å². The number of rotatable bonds is 7. The smallest absolute Gasteiger partial charge is 0.315 e. The van der Waals surface area contributed by atoms with Crippen LogP contribution >= 0.6 is 0 Å². The van der Waals surface area contributed by atoms with Crippen LogP contribution in [0.4, 0.5) is 13.6 Å². The van der Waals surface area contributed by atoms with Crippen molar-refractivity contribution in [2.75, 3.05) is 13.2 Å². The Morgan fingerprint density at radius 3 is 2.75 bits per heavy atom. The highest BCUT2D eigenvalue weighted by molar-refractivity contribution is 5.74. The maximum Gasteiger partial charge on any atom is 0.315 e. The van der Waals surface area contributed by atoms with Crippen LogP contribution in [0.1, 0.15) is 17.4 Å². The Kier molecular flexibility index (Phi) is 6.21. The van der Waals surface area contributed by atoms with Crippen LogP contribution in [0, 0.1) is 11.6 Å². The Balaban J connectivity index is 1.60. The Morgan fingerprint density at radius 2 is 2.04 bits per heavy atom. The highest BCUT2D eigenvalue weighted by atomic mass is 19.1.